The van der Waals surface area contributed by atoms with Gasteiger partial charge in [-0.3, -0.25) is 0 Å². The molecule has 0 aliphatic carbocycles. The Morgan fingerprint density at radius 3 is 2.23 bits per heavy atom. The van der Waals surface area contributed by atoms with Crippen molar-refractivity contribution in [3.63, 3.8) is 0 Å². The summed E-state index contributed by atoms with van der Waals surface area (Å²) in [5.74, 6) is 0.640. The van der Waals surface area contributed by atoms with Crippen LogP contribution >= 0.6 is 0 Å². The van der Waals surface area contributed by atoms with Crippen molar-refractivity contribution in [3.05, 3.63) is 90.0 Å². The number of ether oxygens (including phenoxy) is 4. The van der Waals surface area contributed by atoms with Crippen LogP contribution < -0.4 is 14.2 Å². The van der Waals surface area contributed by atoms with E-state index in [9.17, 15) is 9.59 Å². The average Bonchev–Trinajstić information content (AvgIpc) is 2.81. The van der Waals surface area contributed by atoms with E-state index in [1.54, 1.807) is 6.07 Å². The van der Waals surface area contributed by atoms with E-state index in [0.29, 0.717) is 22.8 Å². The van der Waals surface area contributed by atoms with E-state index in [4.69, 9.17) is 18.9 Å². The summed E-state index contributed by atoms with van der Waals surface area (Å²) in [5.41, 5.74) is 1.48. The van der Waals surface area contributed by atoms with Crippen LogP contribution in [0, 0.1) is 0 Å². The smallest absolute Gasteiger partial charge is 0.349 e. The highest BCUT2D eigenvalue weighted by Gasteiger charge is 2.10. The van der Waals surface area contributed by atoms with E-state index in [1.807, 2.05) is 55.5 Å². The minimum absolute atomic E-state index is 0.126. The van der Waals surface area contributed by atoms with E-state index in [-0.39, 0.29) is 19.8 Å². The van der Waals surface area contributed by atoms with Crippen LogP contribution in [0.15, 0.2) is 78.9 Å². The summed E-state index contributed by atoms with van der Waals surface area (Å²) in [4.78, 5) is 24.1. The van der Waals surface area contributed by atoms with Crippen molar-refractivity contribution in [1.82, 2.24) is 0 Å². The first-order chi connectivity index (χ1) is 15.1. The maximum Gasteiger partial charge on any atom is 0.349 e. The molecule has 0 saturated carbocycles. The first kappa shape index (κ1) is 21.9. The summed E-state index contributed by atoms with van der Waals surface area (Å²) in [6, 6.07) is 23.0. The van der Waals surface area contributed by atoms with Crippen LogP contribution in [0.2, 0.25) is 0 Å². The number of esters is 2. The zero-order chi connectivity index (χ0) is 21.9. The molecule has 0 aromatic heterocycles. The van der Waals surface area contributed by atoms with E-state index >= 15 is 0 Å². The first-order valence-corrected chi connectivity index (χ1v) is 10.0. The van der Waals surface area contributed by atoms with Gasteiger partial charge in [-0.05, 0) is 60.5 Å². The van der Waals surface area contributed by atoms with Crippen molar-refractivity contribution in [2.24, 2.45) is 0 Å². The number of para-hydroxylation sites is 1. The molecule has 0 fully saturated rings. The monoisotopic (exact) mass is 420 g/mol. The normalized spacial score (nSPS) is 10.2. The second-order valence-electron chi connectivity index (χ2n) is 6.59. The van der Waals surface area contributed by atoms with Crippen molar-refractivity contribution in [1.29, 1.82) is 0 Å². The maximum absolute atomic E-state index is 12.1. The molecule has 0 saturated heterocycles. The highest BCUT2D eigenvalue weighted by molar-refractivity contribution is 5.89. The zero-order valence-corrected chi connectivity index (χ0v) is 17.3. The summed E-state index contributed by atoms with van der Waals surface area (Å²) in [7, 11) is 0. The van der Waals surface area contributed by atoms with E-state index < -0.39 is 11.9 Å². The summed E-state index contributed by atoms with van der Waals surface area (Å²) in [6.45, 7) is 2.22. The highest BCUT2D eigenvalue weighted by Crippen LogP contribution is 2.16. The Bertz CT molecular complexity index is 982. The second-order valence-corrected chi connectivity index (χ2v) is 6.59. The van der Waals surface area contributed by atoms with Crippen LogP contribution in [0.5, 0.6) is 17.2 Å². The molecule has 160 valence electrons. The van der Waals surface area contributed by atoms with Gasteiger partial charge in [0.1, 0.15) is 30.5 Å². The number of hydrogen-bond acceptors (Lipinski definition) is 6. The lowest BCUT2D eigenvalue weighted by Gasteiger charge is -2.09. The number of carbonyl (C=O) groups is 2. The molecule has 0 radical (unpaired) electrons. The van der Waals surface area contributed by atoms with Gasteiger partial charge in [-0.25, -0.2) is 9.59 Å². The molecular formula is C25H24O6. The SMILES string of the molecule is CCc1cccc(OCC(=O)Oc2ccc(C(=O)OCCOc3ccccc3)cc2)c1. The van der Waals surface area contributed by atoms with Crippen LogP contribution in [0.4, 0.5) is 0 Å². The largest absolute Gasteiger partial charge is 0.490 e. The van der Waals surface area contributed by atoms with Gasteiger partial charge in [-0.15, -0.1) is 0 Å². The Morgan fingerprint density at radius 1 is 0.742 bits per heavy atom. The van der Waals surface area contributed by atoms with Gasteiger partial charge < -0.3 is 18.9 Å². The molecule has 0 amide bonds. The Morgan fingerprint density at radius 2 is 1.48 bits per heavy atom. The van der Waals surface area contributed by atoms with Gasteiger partial charge in [0.05, 0.1) is 5.56 Å². The Labute approximate surface area is 181 Å². The fourth-order valence-corrected chi connectivity index (χ4v) is 2.71. The van der Waals surface area contributed by atoms with Crippen LogP contribution in [-0.2, 0) is 16.0 Å². The van der Waals surface area contributed by atoms with Crippen LogP contribution in [0.3, 0.4) is 0 Å². The molecule has 6 nitrogen and oxygen atoms in total. The Kier molecular flexibility index (Phi) is 8.05. The van der Waals surface area contributed by atoms with Crippen molar-refractivity contribution in [3.8, 4) is 17.2 Å². The van der Waals surface area contributed by atoms with Crippen LogP contribution in [0.1, 0.15) is 22.8 Å². The third-order valence-corrected chi connectivity index (χ3v) is 4.31. The van der Waals surface area contributed by atoms with Crippen molar-refractivity contribution in [2.45, 2.75) is 13.3 Å². The number of carbonyl (C=O) groups excluding carboxylic acids is 2. The molecule has 0 unspecified atom stereocenters. The van der Waals surface area contributed by atoms with Gasteiger partial charge in [0.25, 0.3) is 0 Å². The molecule has 0 heterocycles. The molecule has 3 aromatic rings. The molecule has 3 aromatic carbocycles. The highest BCUT2D eigenvalue weighted by atomic mass is 16.6. The van der Waals surface area contributed by atoms with Gasteiger partial charge in [0.15, 0.2) is 6.61 Å². The number of aryl methyl sites for hydroxylation is 1. The number of benzene rings is 3. The topological polar surface area (TPSA) is 71.1 Å². The van der Waals surface area contributed by atoms with Crippen molar-refractivity contribution >= 4 is 11.9 Å². The van der Waals surface area contributed by atoms with Crippen LogP contribution in [-0.4, -0.2) is 31.8 Å². The predicted molar refractivity (Wildman–Crippen MR) is 116 cm³/mol. The zero-order valence-electron chi connectivity index (χ0n) is 17.3. The summed E-state index contributed by atoms with van der Waals surface area (Å²) >= 11 is 0. The van der Waals surface area contributed by atoms with Crippen molar-refractivity contribution in [2.75, 3.05) is 19.8 Å². The lowest BCUT2D eigenvalue weighted by atomic mass is 10.2. The fourth-order valence-electron chi connectivity index (χ4n) is 2.71. The maximum atomic E-state index is 12.1. The number of hydrogen-bond donors (Lipinski definition) is 0. The summed E-state index contributed by atoms with van der Waals surface area (Å²) in [6.07, 6.45) is 0.885. The standard InChI is InChI=1S/C25H24O6/c1-2-19-7-6-10-23(17-19)30-18-24(26)31-22-13-11-20(12-14-22)25(27)29-16-15-28-21-8-4-3-5-9-21/h3-14,17H,2,15-16,18H2,1H3. The third kappa shape index (κ3) is 7.19. The fraction of sp³-hybridized carbons (Fsp3) is 0.200. The van der Waals surface area contributed by atoms with E-state index in [1.165, 1.54) is 24.3 Å². The van der Waals surface area contributed by atoms with Gasteiger partial charge >= 0.3 is 11.9 Å². The predicted octanol–water partition coefficient (Wildman–Crippen LogP) is 4.47. The van der Waals surface area contributed by atoms with Crippen molar-refractivity contribution < 1.29 is 28.5 Å². The lowest BCUT2D eigenvalue weighted by Crippen LogP contribution is -2.18. The van der Waals surface area contributed by atoms with Gasteiger partial charge in [-0.2, -0.15) is 0 Å². The number of rotatable bonds is 10. The minimum atomic E-state index is -0.532. The molecule has 3 rings (SSSR count). The Hall–Kier alpha value is -3.80. The Balaban J connectivity index is 1.40. The minimum Gasteiger partial charge on any atom is -0.490 e. The van der Waals surface area contributed by atoms with Gasteiger partial charge in [0, 0.05) is 0 Å². The quantitative estimate of drug-likeness (QED) is 0.274. The molecule has 0 atom stereocenters. The third-order valence-electron chi connectivity index (χ3n) is 4.31. The molecule has 0 bridgehead atoms. The molecular weight excluding hydrogens is 396 g/mol. The second kappa shape index (κ2) is 11.4. The van der Waals surface area contributed by atoms with Crippen LogP contribution in [0.25, 0.3) is 0 Å². The molecule has 31 heavy (non-hydrogen) atoms. The molecule has 6 heteroatoms. The average molecular weight is 420 g/mol. The van der Waals surface area contributed by atoms with Gasteiger partial charge in [-0.1, -0.05) is 37.3 Å². The molecule has 0 aliphatic heterocycles. The molecule has 0 aliphatic rings. The first-order valence-electron chi connectivity index (χ1n) is 10.0. The van der Waals surface area contributed by atoms with E-state index in [2.05, 4.69) is 0 Å². The molecule has 0 N–H and O–H groups in total. The van der Waals surface area contributed by atoms with E-state index in [0.717, 1.165) is 12.0 Å². The molecule has 0 spiro atoms. The lowest BCUT2D eigenvalue weighted by molar-refractivity contribution is -0.136. The summed E-state index contributed by atoms with van der Waals surface area (Å²) in [5, 5.41) is 0. The van der Waals surface area contributed by atoms with Gasteiger partial charge in [0.2, 0.25) is 0 Å². The summed E-state index contributed by atoms with van der Waals surface area (Å²) < 4.78 is 21.4.